The second-order valence-corrected chi connectivity index (χ2v) is 6.39. The third-order valence-corrected chi connectivity index (χ3v) is 4.53. The van der Waals surface area contributed by atoms with Crippen LogP contribution in [0.25, 0.3) is 0 Å². The van der Waals surface area contributed by atoms with Gasteiger partial charge in [-0.2, -0.15) is 5.10 Å². The van der Waals surface area contributed by atoms with Crippen molar-refractivity contribution in [3.8, 4) is 0 Å². The average molecular weight is 326 g/mol. The molecule has 24 heavy (non-hydrogen) atoms. The standard InChI is InChI=1S/C18H22N4O2/c1-12-8-16(4-5-17(12)13(2)23)20-18(24)22-7-6-14(11-22)15-9-19-21(3)10-15/h4-5,8-10,14H,6-7,11H2,1-3H3,(H,20,24). The predicted octanol–water partition coefficient (Wildman–Crippen LogP) is 2.95. The molecule has 0 spiro atoms. The molecule has 1 aromatic carbocycles. The molecule has 0 saturated carbocycles. The molecule has 0 radical (unpaired) electrons. The van der Waals surface area contributed by atoms with Crippen molar-refractivity contribution in [1.82, 2.24) is 14.7 Å². The number of carbonyl (C=O) groups is 2. The Morgan fingerprint density at radius 2 is 2.12 bits per heavy atom. The van der Waals surface area contributed by atoms with E-state index in [-0.39, 0.29) is 11.8 Å². The van der Waals surface area contributed by atoms with Gasteiger partial charge in [-0.1, -0.05) is 0 Å². The maximum absolute atomic E-state index is 12.5. The molecule has 1 atom stereocenters. The van der Waals surface area contributed by atoms with E-state index in [1.165, 1.54) is 5.56 Å². The highest BCUT2D eigenvalue weighted by atomic mass is 16.2. The van der Waals surface area contributed by atoms with Crippen LogP contribution >= 0.6 is 0 Å². The van der Waals surface area contributed by atoms with Gasteiger partial charge in [-0.05, 0) is 49.6 Å². The second-order valence-electron chi connectivity index (χ2n) is 6.39. The Bertz CT molecular complexity index is 781. The van der Waals surface area contributed by atoms with Gasteiger partial charge in [0.1, 0.15) is 0 Å². The number of urea groups is 1. The lowest BCUT2D eigenvalue weighted by molar-refractivity contribution is 0.101. The van der Waals surface area contributed by atoms with Gasteiger partial charge in [-0.25, -0.2) is 4.79 Å². The van der Waals surface area contributed by atoms with Crippen molar-refractivity contribution >= 4 is 17.5 Å². The summed E-state index contributed by atoms with van der Waals surface area (Å²) in [5.41, 5.74) is 3.45. The molecule has 1 saturated heterocycles. The van der Waals surface area contributed by atoms with E-state index in [1.54, 1.807) is 23.7 Å². The maximum Gasteiger partial charge on any atom is 0.321 e. The Morgan fingerprint density at radius 1 is 1.33 bits per heavy atom. The fourth-order valence-electron chi connectivity index (χ4n) is 3.21. The Labute approximate surface area is 141 Å². The number of hydrogen-bond donors (Lipinski definition) is 1. The van der Waals surface area contributed by atoms with Gasteiger partial charge in [-0.15, -0.1) is 0 Å². The van der Waals surface area contributed by atoms with Crippen LogP contribution in [0, 0.1) is 6.92 Å². The van der Waals surface area contributed by atoms with Crippen LogP contribution in [0.15, 0.2) is 30.6 Å². The zero-order valence-corrected chi connectivity index (χ0v) is 14.2. The lowest BCUT2D eigenvalue weighted by Crippen LogP contribution is -2.32. The molecule has 126 valence electrons. The van der Waals surface area contributed by atoms with Crippen LogP contribution in [0.5, 0.6) is 0 Å². The first kappa shape index (κ1) is 16.2. The zero-order valence-electron chi connectivity index (χ0n) is 14.2. The molecule has 2 amide bonds. The number of aryl methyl sites for hydroxylation is 2. The summed E-state index contributed by atoms with van der Waals surface area (Å²) in [5, 5.41) is 7.12. The van der Waals surface area contributed by atoms with Gasteiger partial charge in [0.2, 0.25) is 0 Å². The van der Waals surface area contributed by atoms with Crippen molar-refractivity contribution in [2.45, 2.75) is 26.2 Å². The molecule has 6 heteroatoms. The Balaban J connectivity index is 1.63. The number of likely N-dealkylation sites (tertiary alicyclic amines) is 1. The first-order valence-corrected chi connectivity index (χ1v) is 8.10. The van der Waals surface area contributed by atoms with Crippen LogP contribution < -0.4 is 5.32 Å². The number of nitrogens with one attached hydrogen (secondary N) is 1. The first-order chi connectivity index (χ1) is 11.4. The van der Waals surface area contributed by atoms with Gasteiger partial charge in [0.15, 0.2) is 5.78 Å². The highest BCUT2D eigenvalue weighted by Gasteiger charge is 2.28. The molecule has 1 aliphatic rings. The minimum atomic E-state index is -0.101. The van der Waals surface area contributed by atoms with Crippen molar-refractivity contribution in [2.75, 3.05) is 18.4 Å². The first-order valence-electron chi connectivity index (χ1n) is 8.10. The second kappa shape index (κ2) is 6.47. The third kappa shape index (κ3) is 3.32. The summed E-state index contributed by atoms with van der Waals surface area (Å²) in [5.74, 6) is 0.371. The Hall–Kier alpha value is -2.63. The molecule has 1 aromatic heterocycles. The van der Waals surface area contributed by atoms with Gasteiger partial charge in [0.05, 0.1) is 6.20 Å². The van der Waals surface area contributed by atoms with Crippen LogP contribution in [0.2, 0.25) is 0 Å². The van der Waals surface area contributed by atoms with Gasteiger partial charge in [0.25, 0.3) is 0 Å². The molecule has 0 aliphatic carbocycles. The highest BCUT2D eigenvalue weighted by Crippen LogP contribution is 2.27. The number of amides is 2. The highest BCUT2D eigenvalue weighted by molar-refractivity contribution is 5.97. The molecule has 6 nitrogen and oxygen atoms in total. The lowest BCUT2D eigenvalue weighted by Gasteiger charge is -2.17. The van der Waals surface area contributed by atoms with Crippen molar-refractivity contribution in [3.05, 3.63) is 47.3 Å². The van der Waals surface area contributed by atoms with E-state index in [2.05, 4.69) is 10.4 Å². The average Bonchev–Trinajstić information content (AvgIpc) is 3.15. The number of nitrogens with zero attached hydrogens (tertiary/aromatic N) is 3. The van der Waals surface area contributed by atoms with E-state index in [9.17, 15) is 9.59 Å². The fraction of sp³-hybridized carbons (Fsp3) is 0.389. The number of hydrogen-bond acceptors (Lipinski definition) is 3. The molecule has 1 aliphatic heterocycles. The number of benzene rings is 1. The summed E-state index contributed by atoms with van der Waals surface area (Å²) in [6.45, 7) is 4.85. The number of Topliss-reactive ketones (excluding diaryl/α,β-unsaturated/α-hetero) is 1. The molecular weight excluding hydrogens is 304 g/mol. The molecule has 1 fully saturated rings. The number of rotatable bonds is 3. The molecule has 3 rings (SSSR count). The normalized spacial score (nSPS) is 17.1. The molecule has 0 bridgehead atoms. The van der Waals surface area contributed by atoms with E-state index < -0.39 is 0 Å². The SMILES string of the molecule is CC(=O)c1ccc(NC(=O)N2CCC(c3cnn(C)c3)C2)cc1C. The summed E-state index contributed by atoms with van der Waals surface area (Å²) in [6.07, 6.45) is 4.83. The van der Waals surface area contributed by atoms with Crippen molar-refractivity contribution < 1.29 is 9.59 Å². The topological polar surface area (TPSA) is 67.2 Å². The minimum Gasteiger partial charge on any atom is -0.324 e. The maximum atomic E-state index is 12.5. The van der Waals surface area contributed by atoms with E-state index in [0.29, 0.717) is 23.7 Å². The Kier molecular flexibility index (Phi) is 4.38. The summed E-state index contributed by atoms with van der Waals surface area (Å²) in [7, 11) is 1.90. The van der Waals surface area contributed by atoms with Crippen LogP contribution in [0.3, 0.4) is 0 Å². The molecule has 2 aromatic rings. The van der Waals surface area contributed by atoms with Gasteiger partial charge in [-0.3, -0.25) is 9.48 Å². The molecular formula is C18H22N4O2. The predicted molar refractivity (Wildman–Crippen MR) is 92.3 cm³/mol. The van der Waals surface area contributed by atoms with Crippen LogP contribution in [-0.4, -0.2) is 39.6 Å². The monoisotopic (exact) mass is 326 g/mol. The minimum absolute atomic E-state index is 0.0317. The number of anilines is 1. The van der Waals surface area contributed by atoms with E-state index in [0.717, 1.165) is 18.5 Å². The van der Waals surface area contributed by atoms with Crippen molar-refractivity contribution in [2.24, 2.45) is 7.05 Å². The summed E-state index contributed by atoms with van der Waals surface area (Å²) >= 11 is 0. The quantitative estimate of drug-likeness (QED) is 0.882. The molecule has 1 N–H and O–H groups in total. The van der Waals surface area contributed by atoms with Gasteiger partial charge >= 0.3 is 6.03 Å². The third-order valence-electron chi connectivity index (χ3n) is 4.53. The Morgan fingerprint density at radius 3 is 2.75 bits per heavy atom. The number of carbonyl (C=O) groups excluding carboxylic acids is 2. The largest absolute Gasteiger partial charge is 0.324 e. The summed E-state index contributed by atoms with van der Waals surface area (Å²) in [6, 6.07) is 5.27. The lowest BCUT2D eigenvalue weighted by atomic mass is 10.0. The molecule has 2 heterocycles. The van der Waals surface area contributed by atoms with Crippen molar-refractivity contribution in [3.63, 3.8) is 0 Å². The van der Waals surface area contributed by atoms with E-state index >= 15 is 0 Å². The smallest absolute Gasteiger partial charge is 0.321 e. The van der Waals surface area contributed by atoms with Crippen LogP contribution in [0.4, 0.5) is 10.5 Å². The van der Waals surface area contributed by atoms with Crippen molar-refractivity contribution in [1.29, 1.82) is 0 Å². The number of ketones is 1. The summed E-state index contributed by atoms with van der Waals surface area (Å²) in [4.78, 5) is 25.8. The zero-order chi connectivity index (χ0) is 17.3. The molecule has 1 unspecified atom stereocenters. The van der Waals surface area contributed by atoms with E-state index in [1.807, 2.05) is 37.3 Å². The van der Waals surface area contributed by atoms with Gasteiger partial charge < -0.3 is 10.2 Å². The van der Waals surface area contributed by atoms with Crippen LogP contribution in [0.1, 0.15) is 40.7 Å². The van der Waals surface area contributed by atoms with E-state index in [4.69, 9.17) is 0 Å². The fourth-order valence-corrected chi connectivity index (χ4v) is 3.21. The van der Waals surface area contributed by atoms with Crippen LogP contribution in [-0.2, 0) is 7.05 Å². The van der Waals surface area contributed by atoms with Gasteiger partial charge in [0, 0.05) is 43.5 Å². The number of aromatic nitrogens is 2. The summed E-state index contributed by atoms with van der Waals surface area (Å²) < 4.78 is 1.79.